The molecule has 1 aromatic carbocycles. The highest BCUT2D eigenvalue weighted by molar-refractivity contribution is 7.10. The SMILES string of the molecule is CCc1ccc(C(c2cccs2)N2CCCC2C(=O)O)cc1. The van der Waals surface area contributed by atoms with Gasteiger partial charge >= 0.3 is 5.97 Å². The van der Waals surface area contributed by atoms with E-state index in [1.165, 1.54) is 16.0 Å². The largest absolute Gasteiger partial charge is 0.480 e. The standard InChI is InChI=1S/C18H21NO2S/c1-2-13-7-9-14(10-8-13)17(16-6-4-12-22-16)19-11-3-5-15(19)18(20)21/h4,6-10,12,15,17H,2-3,5,11H2,1H3,(H,20,21). The summed E-state index contributed by atoms with van der Waals surface area (Å²) in [6, 6.07) is 12.4. The van der Waals surface area contributed by atoms with Gasteiger partial charge in [-0.3, -0.25) is 9.69 Å². The van der Waals surface area contributed by atoms with E-state index in [1.54, 1.807) is 11.3 Å². The zero-order valence-corrected chi connectivity index (χ0v) is 13.6. The van der Waals surface area contributed by atoms with Gasteiger partial charge in [-0.25, -0.2) is 0 Å². The first-order valence-corrected chi connectivity index (χ1v) is 8.69. The van der Waals surface area contributed by atoms with Gasteiger partial charge < -0.3 is 5.11 Å². The van der Waals surface area contributed by atoms with Crippen molar-refractivity contribution in [1.29, 1.82) is 0 Å². The van der Waals surface area contributed by atoms with Crippen LogP contribution in [-0.4, -0.2) is 28.6 Å². The Labute approximate surface area is 135 Å². The lowest BCUT2D eigenvalue weighted by Gasteiger charge is -2.31. The summed E-state index contributed by atoms with van der Waals surface area (Å²) in [6.07, 6.45) is 2.71. The predicted molar refractivity (Wildman–Crippen MR) is 89.3 cm³/mol. The number of carbonyl (C=O) groups is 1. The third-order valence-electron chi connectivity index (χ3n) is 4.43. The van der Waals surface area contributed by atoms with Crippen LogP contribution in [0.1, 0.15) is 41.8 Å². The molecule has 1 aliphatic rings. The molecule has 3 rings (SSSR count). The zero-order valence-electron chi connectivity index (χ0n) is 12.7. The molecule has 22 heavy (non-hydrogen) atoms. The number of carboxylic acid groups (broad SMARTS) is 1. The maximum Gasteiger partial charge on any atom is 0.320 e. The number of rotatable bonds is 5. The molecule has 1 N–H and O–H groups in total. The molecule has 0 radical (unpaired) electrons. The second-order valence-electron chi connectivity index (χ2n) is 5.75. The molecule has 2 aromatic rings. The first-order chi connectivity index (χ1) is 10.7. The van der Waals surface area contributed by atoms with E-state index in [1.807, 2.05) is 6.07 Å². The van der Waals surface area contributed by atoms with Crippen LogP contribution in [-0.2, 0) is 11.2 Å². The molecule has 3 nitrogen and oxygen atoms in total. The maximum absolute atomic E-state index is 11.6. The van der Waals surface area contributed by atoms with Gasteiger partial charge in [0, 0.05) is 11.4 Å². The molecule has 2 unspecified atom stereocenters. The van der Waals surface area contributed by atoms with Gasteiger partial charge in [0.25, 0.3) is 0 Å². The number of hydrogen-bond acceptors (Lipinski definition) is 3. The molecule has 0 aliphatic carbocycles. The van der Waals surface area contributed by atoms with Gasteiger partial charge in [-0.15, -0.1) is 11.3 Å². The quantitative estimate of drug-likeness (QED) is 0.908. The van der Waals surface area contributed by atoms with E-state index in [0.717, 1.165) is 25.8 Å². The smallest absolute Gasteiger partial charge is 0.320 e. The lowest BCUT2D eigenvalue weighted by molar-refractivity contribution is -0.142. The molecule has 4 heteroatoms. The highest BCUT2D eigenvalue weighted by Gasteiger charge is 2.37. The topological polar surface area (TPSA) is 40.5 Å². The Kier molecular flexibility index (Phi) is 4.60. The summed E-state index contributed by atoms with van der Waals surface area (Å²) in [5.41, 5.74) is 2.50. The van der Waals surface area contributed by atoms with Gasteiger partial charge in [0.05, 0.1) is 6.04 Å². The van der Waals surface area contributed by atoms with Crippen LogP contribution >= 0.6 is 11.3 Å². The molecule has 116 valence electrons. The Balaban J connectivity index is 1.98. The van der Waals surface area contributed by atoms with Crippen LogP contribution in [0.5, 0.6) is 0 Å². The summed E-state index contributed by atoms with van der Waals surface area (Å²) in [5.74, 6) is -0.704. The maximum atomic E-state index is 11.6. The van der Waals surface area contributed by atoms with Gasteiger partial charge in [-0.2, -0.15) is 0 Å². The Hall–Kier alpha value is -1.65. The van der Waals surface area contributed by atoms with Crippen molar-refractivity contribution in [3.63, 3.8) is 0 Å². The van der Waals surface area contributed by atoms with Crippen LogP contribution in [0.15, 0.2) is 41.8 Å². The van der Waals surface area contributed by atoms with E-state index >= 15 is 0 Å². The van der Waals surface area contributed by atoms with Crippen LogP contribution in [0, 0.1) is 0 Å². The molecule has 2 atom stereocenters. The van der Waals surface area contributed by atoms with E-state index in [0.29, 0.717) is 0 Å². The lowest BCUT2D eigenvalue weighted by atomic mass is 10.0. The third-order valence-corrected chi connectivity index (χ3v) is 5.35. The summed E-state index contributed by atoms with van der Waals surface area (Å²) >= 11 is 1.70. The second kappa shape index (κ2) is 6.63. The average molecular weight is 315 g/mol. The minimum atomic E-state index is -0.704. The number of aryl methyl sites for hydroxylation is 1. The monoisotopic (exact) mass is 315 g/mol. The van der Waals surface area contributed by atoms with Gasteiger partial charge in [0.2, 0.25) is 0 Å². The number of benzene rings is 1. The van der Waals surface area contributed by atoms with Gasteiger partial charge in [0.1, 0.15) is 6.04 Å². The number of hydrogen-bond donors (Lipinski definition) is 1. The van der Waals surface area contributed by atoms with Crippen molar-refractivity contribution >= 4 is 17.3 Å². The minimum Gasteiger partial charge on any atom is -0.480 e. The summed E-state index contributed by atoms with van der Waals surface area (Å²) in [5, 5.41) is 11.6. The van der Waals surface area contributed by atoms with Crippen molar-refractivity contribution in [2.45, 2.75) is 38.3 Å². The van der Waals surface area contributed by atoms with Gasteiger partial charge in [-0.1, -0.05) is 37.3 Å². The highest BCUT2D eigenvalue weighted by atomic mass is 32.1. The number of thiophene rings is 1. The van der Waals surface area contributed by atoms with E-state index < -0.39 is 5.97 Å². The summed E-state index contributed by atoms with van der Waals surface area (Å²) < 4.78 is 0. The van der Waals surface area contributed by atoms with E-state index in [-0.39, 0.29) is 12.1 Å². The van der Waals surface area contributed by atoms with Gasteiger partial charge in [-0.05, 0) is 41.8 Å². The van der Waals surface area contributed by atoms with Crippen molar-refractivity contribution in [2.24, 2.45) is 0 Å². The molecule has 0 saturated carbocycles. The van der Waals surface area contributed by atoms with Crippen LogP contribution in [0.2, 0.25) is 0 Å². The van der Waals surface area contributed by atoms with Gasteiger partial charge in [0.15, 0.2) is 0 Å². The molecule has 1 aliphatic heterocycles. The first-order valence-electron chi connectivity index (χ1n) is 7.81. The molecule has 1 saturated heterocycles. The molecule has 2 heterocycles. The third kappa shape index (κ3) is 2.94. The van der Waals surface area contributed by atoms with Crippen molar-refractivity contribution in [1.82, 2.24) is 4.90 Å². The lowest BCUT2D eigenvalue weighted by Crippen LogP contribution is -2.39. The van der Waals surface area contributed by atoms with Crippen molar-refractivity contribution in [3.8, 4) is 0 Å². The average Bonchev–Trinajstić information content (AvgIpc) is 3.20. The number of likely N-dealkylation sites (tertiary alicyclic amines) is 1. The van der Waals surface area contributed by atoms with Crippen LogP contribution in [0.4, 0.5) is 0 Å². The molecule has 0 amide bonds. The molecular formula is C18H21NO2S. The number of carboxylic acids is 1. The Bertz CT molecular complexity index is 621. The van der Waals surface area contributed by atoms with E-state index in [2.05, 4.69) is 47.5 Å². The van der Waals surface area contributed by atoms with Crippen molar-refractivity contribution < 1.29 is 9.90 Å². The van der Waals surface area contributed by atoms with E-state index in [9.17, 15) is 9.90 Å². The molecule has 1 aromatic heterocycles. The summed E-state index contributed by atoms with van der Waals surface area (Å²) in [4.78, 5) is 14.9. The van der Waals surface area contributed by atoms with Crippen LogP contribution < -0.4 is 0 Å². The molecular weight excluding hydrogens is 294 g/mol. The van der Waals surface area contributed by atoms with Crippen LogP contribution in [0.3, 0.4) is 0 Å². The molecule has 0 bridgehead atoms. The molecule has 0 spiro atoms. The Morgan fingerprint density at radius 2 is 2.14 bits per heavy atom. The second-order valence-corrected chi connectivity index (χ2v) is 6.73. The predicted octanol–water partition coefficient (Wildman–Crippen LogP) is 3.95. The van der Waals surface area contributed by atoms with Crippen molar-refractivity contribution in [2.75, 3.05) is 6.54 Å². The fourth-order valence-electron chi connectivity index (χ4n) is 3.26. The summed E-state index contributed by atoms with van der Waals surface area (Å²) in [6.45, 7) is 2.99. The van der Waals surface area contributed by atoms with E-state index in [4.69, 9.17) is 0 Å². The first kappa shape index (κ1) is 15.3. The Morgan fingerprint density at radius 3 is 2.73 bits per heavy atom. The van der Waals surface area contributed by atoms with Crippen LogP contribution in [0.25, 0.3) is 0 Å². The van der Waals surface area contributed by atoms with Crippen molar-refractivity contribution in [3.05, 3.63) is 57.8 Å². The number of nitrogens with zero attached hydrogens (tertiary/aromatic N) is 1. The normalized spacial score (nSPS) is 20.1. The fourth-order valence-corrected chi connectivity index (χ4v) is 4.14. The fraction of sp³-hybridized carbons (Fsp3) is 0.389. The Morgan fingerprint density at radius 1 is 1.36 bits per heavy atom. The number of aliphatic carboxylic acids is 1. The summed E-state index contributed by atoms with van der Waals surface area (Å²) in [7, 11) is 0. The zero-order chi connectivity index (χ0) is 15.5. The molecule has 1 fully saturated rings. The highest BCUT2D eigenvalue weighted by Crippen LogP contribution is 2.37. The minimum absolute atomic E-state index is 0.0505.